The molecule has 15 heavy (non-hydrogen) atoms. The van der Waals surface area contributed by atoms with Crippen LogP contribution in [0, 0.1) is 28.5 Å². The highest BCUT2D eigenvalue weighted by atomic mass is 79.9. The molecule has 0 N–H and O–H groups in total. The van der Waals surface area contributed by atoms with E-state index in [2.05, 4.69) is 15.9 Å². The van der Waals surface area contributed by atoms with Crippen molar-refractivity contribution in [1.82, 2.24) is 0 Å². The van der Waals surface area contributed by atoms with E-state index in [9.17, 15) is 4.39 Å². The van der Waals surface area contributed by atoms with Gasteiger partial charge >= 0.3 is 0 Å². The summed E-state index contributed by atoms with van der Waals surface area (Å²) in [6, 6.07) is 7.95. The number of allylic oxidation sites excluding steroid dienone is 2. The van der Waals surface area contributed by atoms with Gasteiger partial charge in [0.25, 0.3) is 0 Å². The molecule has 4 heteroatoms. The number of benzene rings is 1. The fourth-order valence-electron chi connectivity index (χ4n) is 1.12. The van der Waals surface area contributed by atoms with Crippen molar-refractivity contribution < 1.29 is 4.39 Å². The standard InChI is InChI=1S/C11H6BrFN2/c1-7(8(5-14)6-15)10-3-2-9(12)4-11(10)13/h2-4H,1H3. The lowest BCUT2D eigenvalue weighted by molar-refractivity contribution is 0.623. The molecule has 0 aromatic heterocycles. The summed E-state index contributed by atoms with van der Waals surface area (Å²) in [5, 5.41) is 17.3. The van der Waals surface area contributed by atoms with Crippen LogP contribution in [0.1, 0.15) is 12.5 Å². The molecule has 1 aromatic rings. The molecule has 2 nitrogen and oxygen atoms in total. The first-order chi connectivity index (χ1) is 7.10. The topological polar surface area (TPSA) is 47.6 Å². The van der Waals surface area contributed by atoms with Crippen LogP contribution in [-0.2, 0) is 0 Å². The zero-order valence-corrected chi connectivity index (χ0v) is 9.47. The summed E-state index contributed by atoms with van der Waals surface area (Å²) < 4.78 is 14.1. The third-order valence-electron chi connectivity index (χ3n) is 1.93. The van der Waals surface area contributed by atoms with Gasteiger partial charge in [-0.1, -0.05) is 22.0 Å². The average Bonchev–Trinajstić information content (AvgIpc) is 2.19. The van der Waals surface area contributed by atoms with E-state index in [1.54, 1.807) is 25.1 Å². The van der Waals surface area contributed by atoms with E-state index in [4.69, 9.17) is 10.5 Å². The van der Waals surface area contributed by atoms with Crippen molar-refractivity contribution in [3.63, 3.8) is 0 Å². The third kappa shape index (κ3) is 2.43. The molecule has 0 bridgehead atoms. The number of hydrogen-bond acceptors (Lipinski definition) is 2. The Kier molecular flexibility index (Phi) is 3.60. The lowest BCUT2D eigenvalue weighted by Crippen LogP contribution is -1.89. The Labute approximate surface area is 95.4 Å². The van der Waals surface area contributed by atoms with Gasteiger partial charge in [0.05, 0.1) is 0 Å². The van der Waals surface area contributed by atoms with E-state index in [0.717, 1.165) is 0 Å². The maximum Gasteiger partial charge on any atom is 0.133 e. The fraction of sp³-hybridized carbons (Fsp3) is 0.0909. The zero-order chi connectivity index (χ0) is 11.4. The quantitative estimate of drug-likeness (QED) is 0.730. The highest BCUT2D eigenvalue weighted by molar-refractivity contribution is 9.10. The Morgan fingerprint density at radius 1 is 1.33 bits per heavy atom. The molecule has 74 valence electrons. The van der Waals surface area contributed by atoms with E-state index < -0.39 is 5.82 Å². The second-order valence-electron chi connectivity index (χ2n) is 2.85. The largest absolute Gasteiger partial charge is 0.206 e. The Morgan fingerprint density at radius 2 is 1.93 bits per heavy atom. The first kappa shape index (κ1) is 11.4. The molecule has 0 amide bonds. The van der Waals surface area contributed by atoms with Gasteiger partial charge in [-0.3, -0.25) is 0 Å². The van der Waals surface area contributed by atoms with Gasteiger partial charge in [0.15, 0.2) is 0 Å². The van der Waals surface area contributed by atoms with Crippen LogP contribution < -0.4 is 0 Å². The number of rotatable bonds is 1. The smallest absolute Gasteiger partial charge is 0.133 e. The minimum absolute atomic E-state index is 0.0729. The summed E-state index contributed by atoms with van der Waals surface area (Å²) in [6.07, 6.45) is 0. The minimum atomic E-state index is -0.454. The number of hydrogen-bond donors (Lipinski definition) is 0. The molecule has 0 aliphatic rings. The van der Waals surface area contributed by atoms with Crippen LogP contribution in [0.15, 0.2) is 28.2 Å². The molecule has 0 saturated carbocycles. The SMILES string of the molecule is CC(=C(C#N)C#N)c1ccc(Br)cc1F. The second-order valence-corrected chi connectivity index (χ2v) is 3.76. The van der Waals surface area contributed by atoms with Crippen molar-refractivity contribution in [2.75, 3.05) is 0 Å². The van der Waals surface area contributed by atoms with Gasteiger partial charge in [0, 0.05) is 10.0 Å². The Balaban J connectivity index is 3.37. The molecular weight excluding hydrogens is 259 g/mol. The summed E-state index contributed by atoms with van der Waals surface area (Å²) in [7, 11) is 0. The van der Waals surface area contributed by atoms with Gasteiger partial charge in [-0.05, 0) is 24.6 Å². The van der Waals surface area contributed by atoms with E-state index in [-0.39, 0.29) is 11.1 Å². The summed E-state index contributed by atoms with van der Waals surface area (Å²) in [6.45, 7) is 1.55. The van der Waals surface area contributed by atoms with Gasteiger partial charge in [0.1, 0.15) is 23.5 Å². The van der Waals surface area contributed by atoms with Gasteiger partial charge in [0.2, 0.25) is 0 Å². The molecule has 1 rings (SSSR count). The first-order valence-corrected chi connectivity index (χ1v) is 4.86. The highest BCUT2D eigenvalue weighted by Crippen LogP contribution is 2.23. The maximum absolute atomic E-state index is 13.5. The van der Waals surface area contributed by atoms with Gasteiger partial charge in [-0.15, -0.1) is 0 Å². The third-order valence-corrected chi connectivity index (χ3v) is 2.43. The normalized spacial score (nSPS) is 8.87. The summed E-state index contributed by atoms with van der Waals surface area (Å²) >= 11 is 3.13. The van der Waals surface area contributed by atoms with Crippen LogP contribution >= 0.6 is 15.9 Å². The predicted octanol–water partition coefficient (Wildman–Crippen LogP) is 3.41. The molecule has 0 fully saturated rings. The zero-order valence-electron chi connectivity index (χ0n) is 7.88. The molecule has 0 heterocycles. The minimum Gasteiger partial charge on any atom is -0.206 e. The lowest BCUT2D eigenvalue weighted by Gasteiger charge is -2.03. The second kappa shape index (κ2) is 4.72. The maximum atomic E-state index is 13.5. The van der Waals surface area contributed by atoms with Crippen LogP contribution in [0.2, 0.25) is 0 Å². The van der Waals surface area contributed by atoms with Crippen molar-refractivity contribution in [3.05, 3.63) is 39.6 Å². The van der Waals surface area contributed by atoms with E-state index in [0.29, 0.717) is 10.0 Å². The molecular formula is C11H6BrFN2. The van der Waals surface area contributed by atoms with E-state index in [1.165, 1.54) is 12.1 Å². The van der Waals surface area contributed by atoms with Crippen LogP contribution in [0.5, 0.6) is 0 Å². The first-order valence-electron chi connectivity index (χ1n) is 4.06. The van der Waals surface area contributed by atoms with E-state index in [1.807, 2.05) is 0 Å². The van der Waals surface area contributed by atoms with E-state index >= 15 is 0 Å². The Hall–Kier alpha value is -1.65. The van der Waals surface area contributed by atoms with Crippen molar-refractivity contribution in [2.45, 2.75) is 6.92 Å². The summed E-state index contributed by atoms with van der Waals surface area (Å²) in [5.74, 6) is -0.454. The molecule has 0 radical (unpaired) electrons. The highest BCUT2D eigenvalue weighted by Gasteiger charge is 2.09. The lowest BCUT2D eigenvalue weighted by atomic mass is 10.0. The summed E-state index contributed by atoms with van der Waals surface area (Å²) in [4.78, 5) is 0. The van der Waals surface area contributed by atoms with Crippen LogP contribution in [0.25, 0.3) is 5.57 Å². The van der Waals surface area contributed by atoms with Gasteiger partial charge < -0.3 is 0 Å². The number of halogens is 2. The van der Waals surface area contributed by atoms with Crippen molar-refractivity contribution in [3.8, 4) is 12.1 Å². The molecule has 0 aliphatic heterocycles. The summed E-state index contributed by atoms with van der Waals surface area (Å²) in [5.41, 5.74) is 0.553. The number of nitrogens with zero attached hydrogens (tertiary/aromatic N) is 2. The van der Waals surface area contributed by atoms with Crippen LogP contribution in [0.3, 0.4) is 0 Å². The van der Waals surface area contributed by atoms with Crippen molar-refractivity contribution in [1.29, 1.82) is 10.5 Å². The molecule has 0 aliphatic carbocycles. The molecule has 0 spiro atoms. The van der Waals surface area contributed by atoms with Crippen LogP contribution in [-0.4, -0.2) is 0 Å². The molecule has 0 unspecified atom stereocenters. The predicted molar refractivity (Wildman–Crippen MR) is 57.9 cm³/mol. The molecule has 1 aromatic carbocycles. The molecule has 0 atom stereocenters. The van der Waals surface area contributed by atoms with Crippen molar-refractivity contribution in [2.24, 2.45) is 0 Å². The molecule has 0 saturated heterocycles. The Morgan fingerprint density at radius 3 is 2.40 bits per heavy atom. The average molecular weight is 265 g/mol. The monoisotopic (exact) mass is 264 g/mol. The van der Waals surface area contributed by atoms with Gasteiger partial charge in [-0.2, -0.15) is 10.5 Å². The van der Waals surface area contributed by atoms with Crippen LogP contribution in [0.4, 0.5) is 4.39 Å². The number of nitriles is 2. The van der Waals surface area contributed by atoms with Gasteiger partial charge in [-0.25, -0.2) is 4.39 Å². The fourth-order valence-corrected chi connectivity index (χ4v) is 1.45. The van der Waals surface area contributed by atoms with Crippen molar-refractivity contribution >= 4 is 21.5 Å². The Bertz CT molecular complexity index is 490.